The van der Waals surface area contributed by atoms with E-state index in [4.69, 9.17) is 4.98 Å². The van der Waals surface area contributed by atoms with E-state index < -0.39 is 0 Å². The average Bonchev–Trinajstić information content (AvgIpc) is 3.05. The summed E-state index contributed by atoms with van der Waals surface area (Å²) < 4.78 is 2.24. The van der Waals surface area contributed by atoms with Crippen molar-refractivity contribution in [2.45, 2.75) is 19.6 Å². The molecule has 0 unspecified atom stereocenters. The minimum atomic E-state index is 0. The minimum absolute atomic E-state index is 0. The van der Waals surface area contributed by atoms with Crippen LogP contribution in [0.1, 0.15) is 24.1 Å². The zero-order valence-electron chi connectivity index (χ0n) is 14.0. The molecule has 5 rings (SSSR count). The number of nitriles is 1. The Morgan fingerprint density at radius 1 is 1.15 bits per heavy atom. The van der Waals surface area contributed by atoms with Crippen molar-refractivity contribution in [1.29, 1.82) is 5.26 Å². The van der Waals surface area contributed by atoms with Crippen molar-refractivity contribution in [2.75, 3.05) is 36.8 Å². The van der Waals surface area contributed by atoms with Gasteiger partial charge in [-0.15, -0.1) is 0 Å². The van der Waals surface area contributed by atoms with E-state index in [2.05, 4.69) is 32.8 Å². The van der Waals surface area contributed by atoms with Gasteiger partial charge in [0, 0.05) is 37.5 Å². The lowest BCUT2D eigenvalue weighted by molar-refractivity contribution is 0.582. The number of nitrogens with zero attached hydrogens (tertiary/aromatic N) is 4. The summed E-state index contributed by atoms with van der Waals surface area (Å²) in [5.41, 5.74) is 6.21. The first-order valence-corrected chi connectivity index (χ1v) is 9.92. The summed E-state index contributed by atoms with van der Waals surface area (Å²) in [7, 11) is 0. The molecule has 4 heterocycles. The van der Waals surface area contributed by atoms with Crippen molar-refractivity contribution in [1.82, 2.24) is 14.7 Å². The molecule has 134 valence electrons. The van der Waals surface area contributed by atoms with Crippen LogP contribution in [-0.4, -0.2) is 41.3 Å². The number of benzene rings is 1. The molecule has 0 radical (unpaired) electrons. The summed E-state index contributed by atoms with van der Waals surface area (Å²) in [5, 5.41) is 13.3. The van der Waals surface area contributed by atoms with Gasteiger partial charge in [-0.05, 0) is 29.9 Å². The average molecular weight is 366 g/mol. The van der Waals surface area contributed by atoms with E-state index in [1.807, 2.05) is 23.9 Å². The fraction of sp³-hybridized carbons (Fsp3) is 0.400. The number of rotatable bonds is 1. The zero-order valence-corrected chi connectivity index (χ0v) is 14.8. The van der Waals surface area contributed by atoms with E-state index in [0.717, 1.165) is 66.3 Å². The highest BCUT2D eigenvalue weighted by molar-refractivity contribution is 7.98. The van der Waals surface area contributed by atoms with Crippen molar-refractivity contribution in [3.05, 3.63) is 41.0 Å². The van der Waals surface area contributed by atoms with Crippen molar-refractivity contribution in [3.63, 3.8) is 0 Å². The largest absolute Gasteiger partial charge is 0.355 e. The fourth-order valence-electron chi connectivity index (χ4n) is 4.07. The standard InChI is InChI=1S/C19H19N5S.CH4/c20-11-14-13-5-10-25-12-15(13)19(23-8-6-21-7-9-23)24-17-4-2-1-3-16(17)22-18(14)24;/h1-4,21H,5-10,12H2;1H4. The van der Waals surface area contributed by atoms with Crippen LogP contribution >= 0.6 is 11.8 Å². The fourth-order valence-corrected chi connectivity index (χ4v) is 5.07. The molecular formula is C20H23N5S. The number of hydrogen-bond acceptors (Lipinski definition) is 5. The van der Waals surface area contributed by atoms with Gasteiger partial charge in [0.05, 0.1) is 16.6 Å². The van der Waals surface area contributed by atoms with Crippen LogP contribution in [0.25, 0.3) is 16.7 Å². The first-order valence-electron chi connectivity index (χ1n) is 8.77. The highest BCUT2D eigenvalue weighted by atomic mass is 32.2. The summed E-state index contributed by atoms with van der Waals surface area (Å²) in [5.74, 6) is 3.32. The Morgan fingerprint density at radius 2 is 1.96 bits per heavy atom. The van der Waals surface area contributed by atoms with E-state index in [1.54, 1.807) is 0 Å². The van der Waals surface area contributed by atoms with Crippen LogP contribution in [0.15, 0.2) is 24.3 Å². The topological polar surface area (TPSA) is 56.4 Å². The van der Waals surface area contributed by atoms with Crippen molar-refractivity contribution >= 4 is 34.3 Å². The summed E-state index contributed by atoms with van der Waals surface area (Å²) in [6, 6.07) is 10.7. The number of hydrogen-bond donors (Lipinski definition) is 1. The Bertz CT molecular complexity index is 1010. The van der Waals surface area contributed by atoms with Gasteiger partial charge in [-0.1, -0.05) is 19.6 Å². The van der Waals surface area contributed by atoms with Crippen molar-refractivity contribution in [3.8, 4) is 6.07 Å². The molecule has 6 heteroatoms. The molecule has 2 aliphatic rings. The van der Waals surface area contributed by atoms with Gasteiger partial charge in [0.15, 0.2) is 5.65 Å². The van der Waals surface area contributed by atoms with Crippen molar-refractivity contribution in [2.24, 2.45) is 0 Å². The number of thioether (sulfide) groups is 1. The lowest BCUT2D eigenvalue weighted by atomic mass is 10.0. The molecule has 1 fully saturated rings. The van der Waals surface area contributed by atoms with Crippen LogP contribution in [0, 0.1) is 11.3 Å². The van der Waals surface area contributed by atoms with E-state index in [9.17, 15) is 5.26 Å². The van der Waals surface area contributed by atoms with Crippen LogP contribution in [0.2, 0.25) is 0 Å². The molecule has 1 N–H and O–H groups in total. The van der Waals surface area contributed by atoms with Gasteiger partial charge in [0.1, 0.15) is 11.9 Å². The molecule has 26 heavy (non-hydrogen) atoms. The van der Waals surface area contributed by atoms with E-state index in [-0.39, 0.29) is 7.43 Å². The number of imidazole rings is 1. The SMILES string of the molecule is C.N#Cc1c2c(c(N3CCNCC3)n3c1nc1ccccc13)CSCC2. The molecule has 2 aliphatic heterocycles. The Balaban J connectivity index is 0.00000168. The second-order valence-electron chi connectivity index (χ2n) is 6.57. The minimum Gasteiger partial charge on any atom is -0.355 e. The predicted molar refractivity (Wildman–Crippen MR) is 109 cm³/mol. The highest BCUT2D eigenvalue weighted by Crippen LogP contribution is 2.38. The number of para-hydroxylation sites is 2. The van der Waals surface area contributed by atoms with Gasteiger partial charge in [0.2, 0.25) is 0 Å². The molecular weight excluding hydrogens is 342 g/mol. The normalized spacial score (nSPS) is 17.0. The number of nitrogens with one attached hydrogen (secondary N) is 1. The van der Waals surface area contributed by atoms with Gasteiger partial charge in [-0.25, -0.2) is 4.98 Å². The van der Waals surface area contributed by atoms with E-state index >= 15 is 0 Å². The summed E-state index contributed by atoms with van der Waals surface area (Å²) in [4.78, 5) is 7.32. The Morgan fingerprint density at radius 3 is 2.77 bits per heavy atom. The molecule has 0 bridgehead atoms. The van der Waals surface area contributed by atoms with Crippen LogP contribution in [0.3, 0.4) is 0 Å². The lowest BCUT2D eigenvalue weighted by Crippen LogP contribution is -2.45. The first kappa shape index (κ1) is 17.2. The summed E-state index contributed by atoms with van der Waals surface area (Å²) in [6.07, 6.45) is 0.960. The number of aromatic nitrogens is 2. The number of anilines is 1. The monoisotopic (exact) mass is 365 g/mol. The van der Waals surface area contributed by atoms with Crippen LogP contribution in [0.5, 0.6) is 0 Å². The molecule has 0 spiro atoms. The van der Waals surface area contributed by atoms with Crippen molar-refractivity contribution < 1.29 is 0 Å². The maximum atomic E-state index is 9.88. The third-order valence-electron chi connectivity index (χ3n) is 5.20. The van der Waals surface area contributed by atoms with Gasteiger partial charge in [0.25, 0.3) is 0 Å². The van der Waals surface area contributed by atoms with Crippen LogP contribution in [-0.2, 0) is 12.2 Å². The number of pyridine rings is 1. The van der Waals surface area contributed by atoms with Gasteiger partial charge in [-0.2, -0.15) is 17.0 Å². The van der Waals surface area contributed by atoms with Crippen LogP contribution < -0.4 is 10.2 Å². The van der Waals surface area contributed by atoms with E-state index in [0.29, 0.717) is 0 Å². The molecule has 0 amide bonds. The molecule has 0 aliphatic carbocycles. The molecule has 5 nitrogen and oxygen atoms in total. The third kappa shape index (κ3) is 2.46. The quantitative estimate of drug-likeness (QED) is 0.718. The van der Waals surface area contributed by atoms with Gasteiger partial charge < -0.3 is 10.2 Å². The first-order chi connectivity index (χ1) is 12.4. The smallest absolute Gasteiger partial charge is 0.157 e. The summed E-state index contributed by atoms with van der Waals surface area (Å²) >= 11 is 1.97. The zero-order chi connectivity index (χ0) is 16.8. The molecule has 3 aromatic rings. The number of piperazine rings is 1. The highest BCUT2D eigenvalue weighted by Gasteiger charge is 2.28. The third-order valence-corrected chi connectivity index (χ3v) is 6.19. The second-order valence-corrected chi connectivity index (χ2v) is 7.67. The molecule has 1 saturated heterocycles. The van der Waals surface area contributed by atoms with Crippen LogP contribution in [0.4, 0.5) is 5.82 Å². The Kier molecular flexibility index (Phi) is 4.51. The Hall–Kier alpha value is -2.23. The maximum absolute atomic E-state index is 9.88. The molecule has 0 saturated carbocycles. The molecule has 2 aromatic heterocycles. The van der Waals surface area contributed by atoms with E-state index in [1.165, 1.54) is 16.9 Å². The predicted octanol–water partition coefficient (Wildman–Crippen LogP) is 3.19. The molecule has 0 atom stereocenters. The summed E-state index contributed by atoms with van der Waals surface area (Å²) in [6.45, 7) is 3.97. The second kappa shape index (κ2) is 6.82. The Labute approximate surface area is 158 Å². The van der Waals surface area contributed by atoms with Gasteiger partial charge in [-0.3, -0.25) is 4.40 Å². The van der Waals surface area contributed by atoms with Gasteiger partial charge >= 0.3 is 0 Å². The maximum Gasteiger partial charge on any atom is 0.157 e. The lowest BCUT2D eigenvalue weighted by Gasteiger charge is -2.34. The number of fused-ring (bicyclic) bond motifs is 4. The molecule has 1 aromatic carbocycles.